The molecule has 6 nitrogen and oxygen atoms in total. The summed E-state index contributed by atoms with van der Waals surface area (Å²) in [5.74, 6) is -0.980. The third kappa shape index (κ3) is 4.86. The monoisotopic (exact) mass is 353 g/mol. The van der Waals surface area contributed by atoms with E-state index in [1.165, 1.54) is 31.2 Å². The molecule has 0 aliphatic rings. The van der Waals surface area contributed by atoms with Crippen molar-refractivity contribution in [2.75, 3.05) is 0 Å². The van der Waals surface area contributed by atoms with E-state index >= 15 is 0 Å². The zero-order valence-electron chi connectivity index (χ0n) is 14.8. The van der Waals surface area contributed by atoms with Gasteiger partial charge < -0.3 is 4.74 Å². The van der Waals surface area contributed by atoms with Crippen LogP contribution in [0.3, 0.4) is 0 Å². The lowest BCUT2D eigenvalue weighted by molar-refractivity contribution is -0.384. The number of ether oxygens (including phenoxy) is 1. The van der Waals surface area contributed by atoms with Gasteiger partial charge in [0.05, 0.1) is 4.92 Å². The summed E-state index contributed by atoms with van der Waals surface area (Å²) in [6, 6.07) is 11.2. The molecule has 0 unspecified atom stereocenters. The third-order valence-electron chi connectivity index (χ3n) is 3.95. The molecule has 0 aromatic heterocycles. The van der Waals surface area contributed by atoms with Crippen molar-refractivity contribution in [3.05, 3.63) is 80.9 Å². The van der Waals surface area contributed by atoms with Crippen LogP contribution in [-0.4, -0.2) is 22.8 Å². The summed E-state index contributed by atoms with van der Waals surface area (Å²) in [6.45, 7) is 5.37. The van der Waals surface area contributed by atoms with Gasteiger partial charge in [0.15, 0.2) is 6.10 Å². The maximum absolute atomic E-state index is 12.4. The molecule has 26 heavy (non-hydrogen) atoms. The number of hydrogen-bond donors (Lipinski definition) is 0. The Hall–Kier alpha value is -3.28. The molecule has 0 amide bonds. The van der Waals surface area contributed by atoms with E-state index in [-0.39, 0.29) is 11.5 Å². The molecule has 1 atom stereocenters. The van der Waals surface area contributed by atoms with E-state index in [1.807, 2.05) is 19.9 Å². The number of carbonyl (C=O) groups is 2. The van der Waals surface area contributed by atoms with E-state index in [2.05, 4.69) is 0 Å². The van der Waals surface area contributed by atoms with E-state index in [9.17, 15) is 19.7 Å². The lowest BCUT2D eigenvalue weighted by Crippen LogP contribution is -2.23. The number of carbonyl (C=O) groups excluding carboxylic acids is 2. The maximum Gasteiger partial charge on any atom is 0.331 e. The molecule has 0 saturated heterocycles. The Bertz CT molecular complexity index is 886. The Kier molecular flexibility index (Phi) is 6.01. The van der Waals surface area contributed by atoms with Gasteiger partial charge in [-0.1, -0.05) is 24.3 Å². The quantitative estimate of drug-likeness (QED) is 0.257. The number of nitrogens with zero attached hydrogens (tertiary/aromatic N) is 1. The Morgan fingerprint density at radius 2 is 1.85 bits per heavy atom. The molecule has 6 heteroatoms. The summed E-state index contributed by atoms with van der Waals surface area (Å²) < 4.78 is 5.13. The van der Waals surface area contributed by atoms with Crippen molar-refractivity contribution in [1.82, 2.24) is 0 Å². The molecular weight excluding hydrogens is 334 g/mol. The van der Waals surface area contributed by atoms with Crippen LogP contribution >= 0.6 is 0 Å². The van der Waals surface area contributed by atoms with E-state index in [0.29, 0.717) is 11.1 Å². The highest BCUT2D eigenvalue weighted by Crippen LogP contribution is 2.15. The highest BCUT2D eigenvalue weighted by molar-refractivity contribution is 6.01. The first-order chi connectivity index (χ1) is 12.3. The number of hydrogen-bond acceptors (Lipinski definition) is 5. The fraction of sp³-hybridized carbons (Fsp3) is 0.200. The second kappa shape index (κ2) is 8.20. The molecule has 0 saturated carbocycles. The highest BCUT2D eigenvalue weighted by atomic mass is 16.6. The third-order valence-corrected chi connectivity index (χ3v) is 3.95. The van der Waals surface area contributed by atoms with Crippen molar-refractivity contribution >= 4 is 23.5 Å². The van der Waals surface area contributed by atoms with Crippen molar-refractivity contribution in [3.63, 3.8) is 0 Å². The summed E-state index contributed by atoms with van der Waals surface area (Å²) in [5, 5.41) is 10.7. The van der Waals surface area contributed by atoms with Gasteiger partial charge in [-0.2, -0.15) is 0 Å². The minimum absolute atomic E-state index is 0.0706. The van der Waals surface area contributed by atoms with Crippen LogP contribution in [0.5, 0.6) is 0 Å². The number of aryl methyl sites for hydroxylation is 2. The molecule has 0 aliphatic heterocycles. The van der Waals surface area contributed by atoms with Gasteiger partial charge >= 0.3 is 5.97 Å². The van der Waals surface area contributed by atoms with E-state index in [1.54, 1.807) is 18.2 Å². The first-order valence-electron chi connectivity index (χ1n) is 8.02. The number of rotatable bonds is 6. The predicted molar refractivity (Wildman–Crippen MR) is 97.9 cm³/mol. The summed E-state index contributed by atoms with van der Waals surface area (Å²) in [5.41, 5.74) is 2.96. The highest BCUT2D eigenvalue weighted by Gasteiger charge is 2.18. The fourth-order valence-electron chi connectivity index (χ4n) is 2.30. The zero-order valence-corrected chi connectivity index (χ0v) is 14.8. The first kappa shape index (κ1) is 19.1. The van der Waals surface area contributed by atoms with Gasteiger partial charge in [0.1, 0.15) is 0 Å². The Balaban J connectivity index is 2.02. The Morgan fingerprint density at radius 1 is 1.12 bits per heavy atom. The lowest BCUT2D eigenvalue weighted by Gasteiger charge is -2.12. The normalized spacial score (nSPS) is 12.0. The van der Waals surface area contributed by atoms with Crippen molar-refractivity contribution in [2.24, 2.45) is 0 Å². The van der Waals surface area contributed by atoms with Gasteiger partial charge in [-0.15, -0.1) is 0 Å². The van der Waals surface area contributed by atoms with E-state index < -0.39 is 17.0 Å². The predicted octanol–water partition coefficient (Wildman–Crippen LogP) is 4.04. The van der Waals surface area contributed by atoms with Crippen LogP contribution in [0, 0.1) is 24.0 Å². The molecular formula is C20H19NO5. The van der Waals surface area contributed by atoms with Gasteiger partial charge in [-0.3, -0.25) is 14.9 Å². The van der Waals surface area contributed by atoms with Gasteiger partial charge in [-0.05, 0) is 49.6 Å². The van der Waals surface area contributed by atoms with Crippen molar-refractivity contribution in [3.8, 4) is 0 Å². The van der Waals surface area contributed by atoms with Crippen LogP contribution in [0.25, 0.3) is 6.08 Å². The molecule has 0 spiro atoms. The summed E-state index contributed by atoms with van der Waals surface area (Å²) >= 11 is 0. The second-order valence-corrected chi connectivity index (χ2v) is 5.93. The molecule has 0 radical (unpaired) electrons. The lowest BCUT2D eigenvalue weighted by atomic mass is 10.0. The van der Waals surface area contributed by atoms with Crippen molar-refractivity contribution in [2.45, 2.75) is 26.9 Å². The number of non-ortho nitro benzene ring substituents is 1. The molecule has 2 aromatic rings. The SMILES string of the molecule is Cc1ccc(C(=O)[C@H](C)OC(=O)/C=C/c2cccc([N+](=O)[O-])c2)cc1C. The molecule has 0 heterocycles. The van der Waals surface area contributed by atoms with Gasteiger partial charge in [0.2, 0.25) is 5.78 Å². The average molecular weight is 353 g/mol. The number of Topliss-reactive ketones (excluding diaryl/α,β-unsaturated/α-hetero) is 1. The Morgan fingerprint density at radius 3 is 2.50 bits per heavy atom. The number of nitro benzene ring substituents is 1. The molecule has 0 fully saturated rings. The van der Waals surface area contributed by atoms with Crippen LogP contribution in [-0.2, 0) is 9.53 Å². The van der Waals surface area contributed by atoms with Gasteiger partial charge in [0, 0.05) is 23.8 Å². The molecule has 2 rings (SSSR count). The topological polar surface area (TPSA) is 86.5 Å². The standard InChI is InChI=1S/C20H19NO5/c1-13-7-9-17(11-14(13)2)20(23)15(3)26-19(22)10-8-16-5-4-6-18(12-16)21(24)25/h4-12,15H,1-3H3/b10-8+/t15-/m0/s1. The largest absolute Gasteiger partial charge is 0.451 e. The smallest absolute Gasteiger partial charge is 0.331 e. The van der Waals surface area contributed by atoms with Gasteiger partial charge in [0.25, 0.3) is 5.69 Å². The summed E-state index contributed by atoms with van der Waals surface area (Å²) in [6.07, 6.45) is 1.62. The molecule has 0 bridgehead atoms. The number of nitro groups is 1. The number of esters is 1. The Labute approximate surface area is 151 Å². The minimum atomic E-state index is -0.931. The molecule has 2 aromatic carbocycles. The van der Waals surface area contributed by atoms with E-state index in [0.717, 1.165) is 17.2 Å². The number of benzene rings is 2. The molecule has 0 aliphatic carbocycles. The fourth-order valence-corrected chi connectivity index (χ4v) is 2.30. The maximum atomic E-state index is 12.4. The summed E-state index contributed by atoms with van der Waals surface area (Å²) in [4.78, 5) is 34.5. The zero-order chi connectivity index (χ0) is 19.3. The van der Waals surface area contributed by atoms with Gasteiger partial charge in [-0.25, -0.2) is 4.79 Å². The van der Waals surface area contributed by atoms with Crippen molar-refractivity contribution in [1.29, 1.82) is 0 Å². The number of ketones is 1. The van der Waals surface area contributed by atoms with Crippen LogP contribution in [0.1, 0.15) is 34.0 Å². The van der Waals surface area contributed by atoms with Crippen LogP contribution in [0.15, 0.2) is 48.5 Å². The van der Waals surface area contributed by atoms with Crippen LogP contribution in [0.4, 0.5) is 5.69 Å². The van der Waals surface area contributed by atoms with Crippen LogP contribution < -0.4 is 0 Å². The molecule has 134 valence electrons. The first-order valence-corrected chi connectivity index (χ1v) is 8.02. The second-order valence-electron chi connectivity index (χ2n) is 5.93. The average Bonchev–Trinajstić information content (AvgIpc) is 2.61. The minimum Gasteiger partial charge on any atom is -0.451 e. The molecule has 0 N–H and O–H groups in total. The van der Waals surface area contributed by atoms with E-state index in [4.69, 9.17) is 4.74 Å². The van der Waals surface area contributed by atoms with Crippen LogP contribution in [0.2, 0.25) is 0 Å². The van der Waals surface area contributed by atoms with Crippen molar-refractivity contribution < 1.29 is 19.2 Å². The summed E-state index contributed by atoms with van der Waals surface area (Å²) in [7, 11) is 0.